The largest absolute Gasteiger partial charge is 0.611 e. The van der Waals surface area contributed by atoms with E-state index in [1.807, 2.05) is 48.8 Å². The number of anilines is 1. The van der Waals surface area contributed by atoms with E-state index in [9.17, 15) is 9.35 Å². The fourth-order valence-corrected chi connectivity index (χ4v) is 5.44. The molecule has 4 aromatic rings. The number of carbonyl (C=O) groups excluding carboxylic acids is 1. The SMILES string of the molecule is CCCCOCCOc1ccc(-c2ccc(C)c(/C=C/C(=O)Nc3ccc([S+]([O-])Cc4cncn4CC)cc3)c2)cc1. The van der Waals surface area contributed by atoms with E-state index in [1.54, 1.807) is 36.8 Å². The predicted molar refractivity (Wildman–Crippen MR) is 170 cm³/mol. The first kappa shape index (κ1) is 31.1. The molecule has 0 radical (unpaired) electrons. The minimum absolute atomic E-state index is 0.235. The molecular formula is C34H39N3O4S. The zero-order valence-electron chi connectivity index (χ0n) is 24.5. The number of amides is 1. The molecule has 1 aromatic heterocycles. The van der Waals surface area contributed by atoms with Crippen molar-refractivity contribution >= 4 is 28.8 Å². The molecule has 0 aliphatic rings. The monoisotopic (exact) mass is 585 g/mol. The highest BCUT2D eigenvalue weighted by Crippen LogP contribution is 2.26. The minimum atomic E-state index is -1.20. The van der Waals surface area contributed by atoms with Gasteiger partial charge in [-0.15, -0.1) is 0 Å². The molecule has 4 rings (SSSR count). The Hall–Kier alpha value is -3.85. The molecule has 1 heterocycles. The quantitative estimate of drug-likeness (QED) is 0.0919. The van der Waals surface area contributed by atoms with Crippen LogP contribution in [0, 0.1) is 6.92 Å². The van der Waals surface area contributed by atoms with Gasteiger partial charge in [-0.25, -0.2) is 4.98 Å². The maximum atomic E-state index is 12.8. The molecule has 1 N–H and O–H groups in total. The van der Waals surface area contributed by atoms with Gasteiger partial charge < -0.3 is 23.9 Å². The molecule has 0 bridgehead atoms. The van der Waals surface area contributed by atoms with Crippen LogP contribution in [0.15, 0.2) is 90.2 Å². The van der Waals surface area contributed by atoms with E-state index in [1.165, 1.54) is 6.08 Å². The molecule has 0 aliphatic heterocycles. The average Bonchev–Trinajstić information content (AvgIpc) is 3.46. The first-order valence-corrected chi connectivity index (χ1v) is 15.7. The van der Waals surface area contributed by atoms with E-state index in [2.05, 4.69) is 35.4 Å². The van der Waals surface area contributed by atoms with Crippen LogP contribution in [0.4, 0.5) is 5.69 Å². The Labute approximate surface area is 251 Å². The zero-order chi connectivity index (χ0) is 29.7. The van der Waals surface area contributed by atoms with Gasteiger partial charge in [0.2, 0.25) is 5.91 Å². The molecule has 1 amide bonds. The summed E-state index contributed by atoms with van der Waals surface area (Å²) in [5.74, 6) is 0.971. The lowest BCUT2D eigenvalue weighted by molar-refractivity contribution is -0.111. The van der Waals surface area contributed by atoms with E-state index in [-0.39, 0.29) is 5.91 Å². The summed E-state index contributed by atoms with van der Waals surface area (Å²) >= 11 is -1.20. The van der Waals surface area contributed by atoms with Crippen LogP contribution in [-0.2, 0) is 33.0 Å². The summed E-state index contributed by atoms with van der Waals surface area (Å²) in [5.41, 5.74) is 5.73. The molecule has 0 aliphatic carbocycles. The van der Waals surface area contributed by atoms with Crippen LogP contribution in [0.3, 0.4) is 0 Å². The summed E-state index contributed by atoms with van der Waals surface area (Å²) in [6.07, 6.45) is 9.04. The Kier molecular flexibility index (Phi) is 11.8. The number of carbonyl (C=O) groups is 1. The van der Waals surface area contributed by atoms with Crippen LogP contribution in [0.5, 0.6) is 5.75 Å². The Morgan fingerprint density at radius 2 is 1.76 bits per heavy atom. The first-order valence-electron chi connectivity index (χ1n) is 14.3. The molecule has 0 spiro atoms. The summed E-state index contributed by atoms with van der Waals surface area (Å²) in [4.78, 5) is 17.5. The van der Waals surface area contributed by atoms with Crippen molar-refractivity contribution in [1.82, 2.24) is 9.55 Å². The predicted octanol–water partition coefficient (Wildman–Crippen LogP) is 7.03. The Morgan fingerprint density at radius 3 is 2.50 bits per heavy atom. The summed E-state index contributed by atoms with van der Waals surface area (Å²) in [5, 5.41) is 2.88. The first-order chi connectivity index (χ1) is 20.5. The highest BCUT2D eigenvalue weighted by molar-refractivity contribution is 7.90. The Bertz CT molecular complexity index is 1450. The van der Waals surface area contributed by atoms with Crippen LogP contribution < -0.4 is 10.1 Å². The highest BCUT2D eigenvalue weighted by atomic mass is 32.2. The van der Waals surface area contributed by atoms with Crippen molar-refractivity contribution in [3.05, 3.63) is 102 Å². The molecule has 0 saturated carbocycles. The van der Waals surface area contributed by atoms with E-state index in [0.29, 0.717) is 29.5 Å². The fraction of sp³-hybridized carbons (Fsp3) is 0.294. The third-order valence-electron chi connectivity index (χ3n) is 6.82. The van der Waals surface area contributed by atoms with Gasteiger partial charge in [0.1, 0.15) is 12.4 Å². The number of unbranched alkanes of at least 4 members (excludes halogenated alkanes) is 1. The smallest absolute Gasteiger partial charge is 0.248 e. The van der Waals surface area contributed by atoms with Crippen LogP contribution in [0.2, 0.25) is 0 Å². The lowest BCUT2D eigenvalue weighted by atomic mass is 9.99. The van der Waals surface area contributed by atoms with Crippen molar-refractivity contribution in [1.29, 1.82) is 0 Å². The number of hydrogen-bond donors (Lipinski definition) is 1. The molecule has 3 aromatic carbocycles. The topological polar surface area (TPSA) is 88.4 Å². The van der Waals surface area contributed by atoms with Crippen molar-refractivity contribution in [3.8, 4) is 16.9 Å². The molecule has 1 unspecified atom stereocenters. The van der Waals surface area contributed by atoms with E-state index in [0.717, 1.165) is 59.7 Å². The zero-order valence-corrected chi connectivity index (χ0v) is 25.4. The molecule has 1 atom stereocenters. The molecule has 0 fully saturated rings. The molecule has 220 valence electrons. The lowest BCUT2D eigenvalue weighted by Gasteiger charge is -2.12. The van der Waals surface area contributed by atoms with Crippen molar-refractivity contribution in [2.24, 2.45) is 0 Å². The van der Waals surface area contributed by atoms with Crippen LogP contribution >= 0.6 is 0 Å². The maximum Gasteiger partial charge on any atom is 0.248 e. The minimum Gasteiger partial charge on any atom is -0.611 e. The second kappa shape index (κ2) is 16.0. The normalized spacial score (nSPS) is 12.0. The van der Waals surface area contributed by atoms with Gasteiger partial charge in [0.25, 0.3) is 0 Å². The van der Waals surface area contributed by atoms with E-state index in [4.69, 9.17) is 9.47 Å². The Morgan fingerprint density at radius 1 is 1.00 bits per heavy atom. The van der Waals surface area contributed by atoms with Gasteiger partial charge in [-0.1, -0.05) is 37.6 Å². The number of ether oxygens (including phenoxy) is 2. The molecular weight excluding hydrogens is 546 g/mol. The summed E-state index contributed by atoms with van der Waals surface area (Å²) < 4.78 is 26.1. The Balaban J connectivity index is 1.31. The van der Waals surface area contributed by atoms with Crippen LogP contribution in [0.1, 0.15) is 43.5 Å². The molecule has 7 nitrogen and oxygen atoms in total. The van der Waals surface area contributed by atoms with Crippen molar-refractivity contribution in [2.45, 2.75) is 50.8 Å². The van der Waals surface area contributed by atoms with Crippen molar-refractivity contribution in [2.75, 3.05) is 25.1 Å². The average molecular weight is 586 g/mol. The van der Waals surface area contributed by atoms with E-state index < -0.39 is 11.2 Å². The van der Waals surface area contributed by atoms with Gasteiger partial charge in [0.05, 0.1) is 24.8 Å². The number of nitrogens with one attached hydrogen (secondary N) is 1. The highest BCUT2D eigenvalue weighted by Gasteiger charge is 2.15. The third-order valence-corrected chi connectivity index (χ3v) is 8.18. The summed E-state index contributed by atoms with van der Waals surface area (Å²) in [6, 6.07) is 21.3. The van der Waals surface area contributed by atoms with Gasteiger partial charge >= 0.3 is 0 Å². The van der Waals surface area contributed by atoms with Crippen LogP contribution in [0.25, 0.3) is 17.2 Å². The third kappa shape index (κ3) is 9.08. The number of aryl methyl sites for hydroxylation is 2. The van der Waals surface area contributed by atoms with Crippen molar-refractivity contribution < 1.29 is 18.8 Å². The standard InChI is InChI=1S/C34H39N3O4S/c1-4-6-19-40-20-21-41-32-14-9-27(10-15-32)29-8-7-26(3)28(22-29)11-18-34(38)36-30-12-16-33(17-13-30)42(39)24-31-23-35-25-37(31)5-2/h7-18,22-23,25H,4-6,19-21,24H2,1-3H3,(H,36,38)/b18-11+. The lowest BCUT2D eigenvalue weighted by Crippen LogP contribution is -2.10. The van der Waals surface area contributed by atoms with Crippen molar-refractivity contribution in [3.63, 3.8) is 0 Å². The number of benzene rings is 3. The number of imidazole rings is 1. The van der Waals surface area contributed by atoms with E-state index >= 15 is 0 Å². The number of aromatic nitrogens is 2. The van der Waals surface area contributed by atoms with Gasteiger partial charge in [0.15, 0.2) is 10.6 Å². The molecule has 8 heteroatoms. The molecule has 0 saturated heterocycles. The summed E-state index contributed by atoms with van der Waals surface area (Å²) in [7, 11) is 0. The fourth-order valence-electron chi connectivity index (χ4n) is 4.32. The van der Waals surface area contributed by atoms with Gasteiger partial charge in [-0.2, -0.15) is 0 Å². The number of hydrogen-bond acceptors (Lipinski definition) is 5. The second-order valence-electron chi connectivity index (χ2n) is 9.92. The number of nitrogens with zero attached hydrogens (tertiary/aromatic N) is 2. The summed E-state index contributed by atoms with van der Waals surface area (Å²) in [6.45, 7) is 8.87. The van der Waals surface area contributed by atoms with Gasteiger partial charge in [-0.3, -0.25) is 4.79 Å². The second-order valence-corrected chi connectivity index (χ2v) is 11.4. The maximum absolute atomic E-state index is 12.8. The van der Waals surface area contributed by atoms with Crippen LogP contribution in [-0.4, -0.2) is 39.8 Å². The van der Waals surface area contributed by atoms with Gasteiger partial charge in [-0.05, 0) is 102 Å². The molecule has 42 heavy (non-hydrogen) atoms. The number of rotatable bonds is 15. The van der Waals surface area contributed by atoms with Gasteiger partial charge in [0, 0.05) is 24.9 Å².